The van der Waals surface area contributed by atoms with Gasteiger partial charge in [0.1, 0.15) is 22.7 Å². The number of hydrogen-bond donors (Lipinski definition) is 1. The molecule has 0 amide bonds. The van der Waals surface area contributed by atoms with Gasteiger partial charge in [-0.15, -0.1) is 0 Å². The van der Waals surface area contributed by atoms with Gasteiger partial charge in [-0.1, -0.05) is 0 Å². The van der Waals surface area contributed by atoms with Crippen molar-refractivity contribution in [2.24, 2.45) is 4.99 Å². The Labute approximate surface area is 127 Å². The number of ether oxygens (including phenoxy) is 1. The first-order valence-electron chi connectivity index (χ1n) is 5.94. The number of carbonyl (C=O) groups is 1. The summed E-state index contributed by atoms with van der Waals surface area (Å²) in [5.74, 6) is -7.82. The van der Waals surface area contributed by atoms with Crippen molar-refractivity contribution in [3.8, 4) is 0 Å². The van der Waals surface area contributed by atoms with E-state index in [-0.39, 0.29) is 0 Å². The molecule has 1 N–H and O–H groups in total. The van der Waals surface area contributed by atoms with Gasteiger partial charge >= 0.3 is 11.7 Å². The van der Waals surface area contributed by atoms with Crippen LogP contribution in [0.1, 0.15) is 11.1 Å². The molecule has 0 aromatic heterocycles. The van der Waals surface area contributed by atoms with Crippen LogP contribution in [0.25, 0.3) is 5.76 Å². The molecule has 0 saturated heterocycles. The normalized spacial score (nSPS) is 12.3. The number of benzene rings is 1. The number of aliphatic hydroxyl groups excluding tert-OH is 1. The summed E-state index contributed by atoms with van der Waals surface area (Å²) in [5, 5.41) is 20.9. The zero-order valence-electron chi connectivity index (χ0n) is 12.2. The molecule has 0 saturated carbocycles. The molecule has 0 radical (unpaired) electrons. The topological polar surface area (TPSA) is 102 Å². The predicted octanol–water partition coefficient (Wildman–Crippen LogP) is 2.46. The molecule has 1 aromatic rings. The molecule has 0 bridgehead atoms. The molecule has 0 heterocycles. The molecule has 0 aliphatic rings. The van der Waals surface area contributed by atoms with Crippen molar-refractivity contribution in [2.45, 2.75) is 6.92 Å². The number of rotatable bonds is 4. The Morgan fingerprint density at radius 3 is 2.30 bits per heavy atom. The van der Waals surface area contributed by atoms with E-state index in [1.165, 1.54) is 7.05 Å². The number of nitro benzene ring substituents is 1. The minimum Gasteiger partial charge on any atom is -0.506 e. The predicted molar refractivity (Wildman–Crippen MR) is 73.7 cm³/mol. The average molecular weight is 332 g/mol. The number of nitro groups is 1. The van der Waals surface area contributed by atoms with E-state index in [0.29, 0.717) is 0 Å². The first-order chi connectivity index (χ1) is 10.7. The largest absolute Gasteiger partial charge is 0.506 e. The Hall–Kier alpha value is -2.91. The van der Waals surface area contributed by atoms with Crippen LogP contribution in [-0.4, -0.2) is 36.4 Å². The first kappa shape index (κ1) is 18.1. The highest BCUT2D eigenvalue weighted by molar-refractivity contribution is 6.15. The molecule has 10 heteroatoms. The van der Waals surface area contributed by atoms with Crippen LogP contribution in [0.2, 0.25) is 0 Å². The molecule has 0 spiro atoms. The third-order valence-electron chi connectivity index (χ3n) is 2.85. The van der Waals surface area contributed by atoms with Crippen molar-refractivity contribution >= 4 is 23.6 Å². The van der Waals surface area contributed by atoms with E-state index in [2.05, 4.69) is 9.73 Å². The second-order valence-corrected chi connectivity index (χ2v) is 4.19. The van der Waals surface area contributed by atoms with Gasteiger partial charge in [0.15, 0.2) is 5.82 Å². The molecule has 1 aromatic carbocycles. The lowest BCUT2D eigenvalue weighted by atomic mass is 10.0. The van der Waals surface area contributed by atoms with Crippen LogP contribution in [-0.2, 0) is 9.53 Å². The SMILES string of the molecule is CN=CC(C(=O)OC)=C(O)c1c(F)c(C)c(F)c(F)c1[N+](=O)[O-]. The molecule has 23 heavy (non-hydrogen) atoms. The lowest BCUT2D eigenvalue weighted by Gasteiger charge is -2.10. The van der Waals surface area contributed by atoms with Crippen molar-refractivity contribution in [1.29, 1.82) is 0 Å². The Balaban J connectivity index is 3.97. The van der Waals surface area contributed by atoms with E-state index < -0.39 is 56.5 Å². The van der Waals surface area contributed by atoms with Gasteiger partial charge in [0.25, 0.3) is 0 Å². The van der Waals surface area contributed by atoms with Gasteiger partial charge in [0, 0.05) is 18.8 Å². The quantitative estimate of drug-likeness (QED) is 0.174. The Morgan fingerprint density at radius 1 is 1.30 bits per heavy atom. The highest BCUT2D eigenvalue weighted by Gasteiger charge is 2.34. The summed E-state index contributed by atoms with van der Waals surface area (Å²) in [7, 11) is 2.12. The van der Waals surface area contributed by atoms with Crippen molar-refractivity contribution < 1.29 is 32.7 Å². The van der Waals surface area contributed by atoms with Gasteiger partial charge in [-0.05, 0) is 6.92 Å². The van der Waals surface area contributed by atoms with Crippen molar-refractivity contribution in [3.05, 3.63) is 44.3 Å². The third-order valence-corrected chi connectivity index (χ3v) is 2.85. The van der Waals surface area contributed by atoms with Crippen molar-refractivity contribution in [3.63, 3.8) is 0 Å². The van der Waals surface area contributed by atoms with Crippen LogP contribution in [0.3, 0.4) is 0 Å². The highest BCUT2D eigenvalue weighted by Crippen LogP contribution is 2.35. The maximum Gasteiger partial charge on any atom is 0.343 e. The van der Waals surface area contributed by atoms with E-state index in [4.69, 9.17) is 0 Å². The summed E-state index contributed by atoms with van der Waals surface area (Å²) in [6.07, 6.45) is 0.737. The van der Waals surface area contributed by atoms with Crippen molar-refractivity contribution in [2.75, 3.05) is 14.2 Å². The van der Waals surface area contributed by atoms with Gasteiger partial charge in [-0.2, -0.15) is 4.39 Å². The van der Waals surface area contributed by atoms with Gasteiger partial charge in [-0.3, -0.25) is 15.1 Å². The first-order valence-corrected chi connectivity index (χ1v) is 5.94. The molecule has 0 unspecified atom stereocenters. The van der Waals surface area contributed by atoms with E-state index >= 15 is 0 Å². The lowest BCUT2D eigenvalue weighted by Crippen LogP contribution is -2.13. The number of esters is 1. The molecule has 0 aliphatic carbocycles. The number of nitrogens with zero attached hydrogens (tertiary/aromatic N) is 2. The maximum absolute atomic E-state index is 14.2. The number of aliphatic hydroxyl groups is 1. The van der Waals surface area contributed by atoms with E-state index in [1.807, 2.05) is 0 Å². The second-order valence-electron chi connectivity index (χ2n) is 4.19. The van der Waals surface area contributed by atoms with Gasteiger partial charge < -0.3 is 9.84 Å². The molecule has 0 aliphatic heterocycles. The number of hydrogen-bond acceptors (Lipinski definition) is 6. The fourth-order valence-corrected chi connectivity index (χ4v) is 1.74. The maximum atomic E-state index is 14.2. The van der Waals surface area contributed by atoms with Crippen molar-refractivity contribution in [1.82, 2.24) is 0 Å². The number of aliphatic imine (C=N–C) groups is 1. The number of halogens is 3. The fraction of sp³-hybridized carbons (Fsp3) is 0.231. The van der Waals surface area contributed by atoms with Crippen LogP contribution in [0.4, 0.5) is 18.9 Å². The minimum atomic E-state index is -1.96. The molecule has 7 nitrogen and oxygen atoms in total. The van der Waals surface area contributed by atoms with E-state index in [0.717, 1.165) is 20.2 Å². The zero-order valence-corrected chi connectivity index (χ0v) is 12.2. The molecule has 124 valence electrons. The molecular weight excluding hydrogens is 321 g/mol. The molecule has 1 rings (SSSR count). The monoisotopic (exact) mass is 332 g/mol. The van der Waals surface area contributed by atoms with Crippen LogP contribution in [0.15, 0.2) is 10.6 Å². The zero-order chi connectivity index (χ0) is 17.9. The smallest absolute Gasteiger partial charge is 0.343 e. The fourth-order valence-electron chi connectivity index (χ4n) is 1.74. The van der Waals surface area contributed by atoms with E-state index in [1.54, 1.807) is 0 Å². The van der Waals surface area contributed by atoms with Gasteiger partial charge in [0.05, 0.1) is 12.0 Å². The summed E-state index contributed by atoms with van der Waals surface area (Å²) in [4.78, 5) is 24.5. The number of carbonyl (C=O) groups excluding carboxylic acids is 1. The minimum absolute atomic E-state index is 0.737. The van der Waals surface area contributed by atoms with Crippen LogP contribution >= 0.6 is 0 Å². The lowest BCUT2D eigenvalue weighted by molar-refractivity contribution is -0.388. The third kappa shape index (κ3) is 3.15. The highest BCUT2D eigenvalue weighted by atomic mass is 19.2. The standard InChI is InChI=1S/C13H11F3N2O5/c1-5-8(14)7(11(18(21)22)10(16)9(5)15)12(19)6(4-17-2)13(20)23-3/h4,19H,1-3H3. The van der Waals surface area contributed by atoms with E-state index in [9.17, 15) is 33.2 Å². The Bertz CT molecular complexity index is 744. The Morgan fingerprint density at radius 2 is 1.87 bits per heavy atom. The Kier molecular flexibility index (Phi) is 5.44. The van der Waals surface area contributed by atoms with Crippen LogP contribution in [0, 0.1) is 34.5 Å². The summed E-state index contributed by atoms with van der Waals surface area (Å²) in [5.41, 5.74) is -4.57. The van der Waals surface area contributed by atoms with Crippen LogP contribution in [0.5, 0.6) is 0 Å². The second kappa shape index (κ2) is 6.90. The van der Waals surface area contributed by atoms with Crippen LogP contribution < -0.4 is 0 Å². The molecule has 0 atom stereocenters. The van der Waals surface area contributed by atoms with Gasteiger partial charge in [0.2, 0.25) is 5.82 Å². The molecular formula is C13H11F3N2O5. The van der Waals surface area contributed by atoms with Gasteiger partial charge in [-0.25, -0.2) is 13.6 Å². The summed E-state index contributed by atoms with van der Waals surface area (Å²) in [6.45, 7) is 0.819. The summed E-state index contributed by atoms with van der Waals surface area (Å²) in [6, 6.07) is 0. The summed E-state index contributed by atoms with van der Waals surface area (Å²) < 4.78 is 45.8. The summed E-state index contributed by atoms with van der Waals surface area (Å²) >= 11 is 0. The molecule has 0 fully saturated rings. The number of methoxy groups -OCH3 is 1. The average Bonchev–Trinajstić information content (AvgIpc) is 2.51.